The van der Waals surface area contributed by atoms with Crippen LogP contribution in [0.3, 0.4) is 0 Å². The van der Waals surface area contributed by atoms with Gasteiger partial charge in [-0.25, -0.2) is 14.8 Å². The molecule has 0 saturated heterocycles. The topological polar surface area (TPSA) is 52.1 Å². The summed E-state index contributed by atoms with van der Waals surface area (Å²) >= 11 is 5.62. The molecule has 0 N–H and O–H groups in total. The van der Waals surface area contributed by atoms with E-state index in [4.69, 9.17) is 16.3 Å². The largest absolute Gasteiger partial charge is 0.458 e. The van der Waals surface area contributed by atoms with Crippen molar-refractivity contribution < 1.29 is 9.53 Å². The van der Waals surface area contributed by atoms with Gasteiger partial charge in [-0.2, -0.15) is 0 Å². The normalized spacial score (nSPS) is 23.7. The molecule has 1 aromatic heterocycles. The fourth-order valence-corrected chi connectivity index (χ4v) is 2.45. The monoisotopic (exact) mass is 268 g/mol. The van der Waals surface area contributed by atoms with E-state index >= 15 is 0 Å². The van der Waals surface area contributed by atoms with E-state index < -0.39 is 5.97 Å². The Morgan fingerprint density at radius 3 is 2.94 bits per heavy atom. The Balaban J connectivity index is 1.92. The zero-order valence-electron chi connectivity index (χ0n) is 10.4. The van der Waals surface area contributed by atoms with Gasteiger partial charge in [-0.15, -0.1) is 0 Å². The number of carbonyl (C=O) groups excluding carboxylic acids is 1. The van der Waals surface area contributed by atoms with Crippen LogP contribution in [-0.4, -0.2) is 22.0 Å². The first-order valence-corrected chi connectivity index (χ1v) is 6.75. The van der Waals surface area contributed by atoms with E-state index in [0.717, 1.165) is 25.7 Å². The van der Waals surface area contributed by atoms with Gasteiger partial charge >= 0.3 is 5.97 Å². The molecular formula is C13H17ClN2O2. The minimum Gasteiger partial charge on any atom is -0.458 e. The van der Waals surface area contributed by atoms with Crippen LogP contribution < -0.4 is 0 Å². The van der Waals surface area contributed by atoms with Crippen LogP contribution in [0, 0.1) is 5.92 Å². The van der Waals surface area contributed by atoms with Crippen LogP contribution in [0.5, 0.6) is 0 Å². The molecule has 0 radical (unpaired) electrons. The lowest BCUT2D eigenvalue weighted by Gasteiger charge is -2.27. The first-order valence-electron chi connectivity index (χ1n) is 6.37. The third kappa shape index (κ3) is 3.42. The van der Waals surface area contributed by atoms with Gasteiger partial charge in [0.1, 0.15) is 11.3 Å². The molecule has 1 aromatic rings. The molecule has 1 heterocycles. The molecule has 18 heavy (non-hydrogen) atoms. The average Bonchev–Trinajstić information content (AvgIpc) is 2.39. The number of hydrogen-bond donors (Lipinski definition) is 0. The molecule has 5 heteroatoms. The lowest BCUT2D eigenvalue weighted by atomic mass is 9.85. The average molecular weight is 269 g/mol. The van der Waals surface area contributed by atoms with Crippen LogP contribution in [-0.2, 0) is 4.74 Å². The number of aromatic nitrogens is 2. The van der Waals surface area contributed by atoms with Gasteiger partial charge in [0.15, 0.2) is 5.69 Å². The number of rotatable bonds is 3. The van der Waals surface area contributed by atoms with Crippen molar-refractivity contribution in [1.82, 2.24) is 9.97 Å². The van der Waals surface area contributed by atoms with Gasteiger partial charge in [-0.3, -0.25) is 0 Å². The Morgan fingerprint density at radius 1 is 1.44 bits per heavy atom. The van der Waals surface area contributed by atoms with Crippen LogP contribution >= 0.6 is 11.6 Å². The molecule has 1 saturated carbocycles. The molecule has 0 aromatic carbocycles. The molecule has 0 bridgehead atoms. The maximum Gasteiger partial charge on any atom is 0.358 e. The fourth-order valence-electron chi connectivity index (χ4n) is 2.35. The first-order chi connectivity index (χ1) is 8.69. The summed E-state index contributed by atoms with van der Waals surface area (Å²) in [4.78, 5) is 19.6. The molecular weight excluding hydrogens is 252 g/mol. The molecule has 98 valence electrons. The third-order valence-electron chi connectivity index (χ3n) is 3.42. The van der Waals surface area contributed by atoms with Gasteiger partial charge in [-0.05, 0) is 25.2 Å². The Bertz CT molecular complexity index is 408. The number of esters is 1. The Hall–Kier alpha value is -1.16. The smallest absolute Gasteiger partial charge is 0.358 e. The summed E-state index contributed by atoms with van der Waals surface area (Å²) in [7, 11) is 0. The Morgan fingerprint density at radius 2 is 2.28 bits per heavy atom. The van der Waals surface area contributed by atoms with Crippen molar-refractivity contribution in [2.45, 2.75) is 45.1 Å². The zero-order chi connectivity index (χ0) is 13.0. The number of hydrogen-bond acceptors (Lipinski definition) is 4. The van der Waals surface area contributed by atoms with E-state index in [2.05, 4.69) is 16.9 Å². The maximum absolute atomic E-state index is 11.9. The lowest BCUT2D eigenvalue weighted by Crippen LogP contribution is -2.25. The van der Waals surface area contributed by atoms with Crippen molar-refractivity contribution in [2.75, 3.05) is 0 Å². The van der Waals surface area contributed by atoms with Crippen molar-refractivity contribution in [3.05, 3.63) is 23.2 Å². The maximum atomic E-state index is 11.9. The van der Waals surface area contributed by atoms with Gasteiger partial charge in [0.2, 0.25) is 0 Å². The molecule has 1 aliphatic carbocycles. The highest BCUT2D eigenvalue weighted by atomic mass is 35.5. The van der Waals surface area contributed by atoms with E-state index in [1.807, 2.05) is 0 Å². The second kappa shape index (κ2) is 6.14. The fraction of sp³-hybridized carbons (Fsp3) is 0.615. The summed E-state index contributed by atoms with van der Waals surface area (Å²) in [6, 6.07) is 0. The molecule has 1 fully saturated rings. The van der Waals surface area contributed by atoms with E-state index in [1.165, 1.54) is 18.8 Å². The lowest BCUT2D eigenvalue weighted by molar-refractivity contribution is 0.0133. The summed E-state index contributed by atoms with van der Waals surface area (Å²) in [6.45, 7) is 2.18. The van der Waals surface area contributed by atoms with Gasteiger partial charge in [-0.1, -0.05) is 31.4 Å². The number of halogens is 1. The standard InChI is InChI=1S/C13H17ClN2O2/c1-2-9-4-3-5-10(6-9)18-13(17)11-7-16-12(14)8-15-11/h7-10H,2-6H2,1H3. The van der Waals surface area contributed by atoms with Gasteiger partial charge < -0.3 is 4.74 Å². The molecule has 4 nitrogen and oxygen atoms in total. The highest BCUT2D eigenvalue weighted by Gasteiger charge is 2.24. The molecule has 2 rings (SSSR count). The van der Waals surface area contributed by atoms with Crippen LogP contribution in [0.15, 0.2) is 12.4 Å². The van der Waals surface area contributed by atoms with Crippen molar-refractivity contribution >= 4 is 17.6 Å². The highest BCUT2D eigenvalue weighted by Crippen LogP contribution is 2.28. The number of nitrogens with zero attached hydrogens (tertiary/aromatic N) is 2. The summed E-state index contributed by atoms with van der Waals surface area (Å²) in [5, 5.41) is 0.273. The highest BCUT2D eigenvalue weighted by molar-refractivity contribution is 6.29. The molecule has 1 aliphatic rings. The third-order valence-corrected chi connectivity index (χ3v) is 3.61. The minimum absolute atomic E-state index is 0.0219. The number of carbonyl (C=O) groups is 1. The first kappa shape index (κ1) is 13.3. The SMILES string of the molecule is CCC1CCCC(OC(=O)c2cnc(Cl)cn2)C1. The van der Waals surface area contributed by atoms with Crippen molar-refractivity contribution in [2.24, 2.45) is 5.92 Å². The van der Waals surface area contributed by atoms with Gasteiger partial charge in [0.25, 0.3) is 0 Å². The Labute approximate surface area is 112 Å². The van der Waals surface area contributed by atoms with Gasteiger partial charge in [0, 0.05) is 0 Å². The Kier molecular flexibility index (Phi) is 4.53. The van der Waals surface area contributed by atoms with Crippen molar-refractivity contribution in [1.29, 1.82) is 0 Å². The number of ether oxygens (including phenoxy) is 1. The molecule has 0 amide bonds. The van der Waals surface area contributed by atoms with E-state index in [1.54, 1.807) is 0 Å². The van der Waals surface area contributed by atoms with E-state index in [9.17, 15) is 4.79 Å². The summed E-state index contributed by atoms with van der Waals surface area (Å²) in [5.41, 5.74) is 0.220. The predicted molar refractivity (Wildman–Crippen MR) is 68.5 cm³/mol. The van der Waals surface area contributed by atoms with Crippen molar-refractivity contribution in [3.63, 3.8) is 0 Å². The second-order valence-corrected chi connectivity index (χ2v) is 5.08. The van der Waals surface area contributed by atoms with Crippen molar-refractivity contribution in [3.8, 4) is 0 Å². The minimum atomic E-state index is -0.402. The second-order valence-electron chi connectivity index (χ2n) is 4.69. The molecule has 2 unspecified atom stereocenters. The molecule has 0 spiro atoms. The van der Waals surface area contributed by atoms with E-state index in [-0.39, 0.29) is 17.0 Å². The summed E-state index contributed by atoms with van der Waals surface area (Å²) in [6.07, 6.45) is 8.15. The molecule has 0 aliphatic heterocycles. The molecule has 2 atom stereocenters. The quantitative estimate of drug-likeness (QED) is 0.790. The summed E-state index contributed by atoms with van der Waals surface area (Å²) in [5.74, 6) is 0.272. The van der Waals surface area contributed by atoms with Gasteiger partial charge in [0.05, 0.1) is 12.4 Å². The zero-order valence-corrected chi connectivity index (χ0v) is 11.2. The van der Waals surface area contributed by atoms with E-state index in [0.29, 0.717) is 5.92 Å². The predicted octanol–water partition coefficient (Wildman–Crippen LogP) is 3.26. The van der Waals surface area contributed by atoms with Crippen LogP contribution in [0.1, 0.15) is 49.5 Å². The van der Waals surface area contributed by atoms with Crippen LogP contribution in [0.2, 0.25) is 5.15 Å². The summed E-state index contributed by atoms with van der Waals surface area (Å²) < 4.78 is 5.46. The van der Waals surface area contributed by atoms with Crippen LogP contribution in [0.4, 0.5) is 0 Å². The van der Waals surface area contributed by atoms with Crippen LogP contribution in [0.25, 0.3) is 0 Å².